The molecule has 0 radical (unpaired) electrons. The topological polar surface area (TPSA) is 0 Å². The molecule has 0 heteroatoms. The van der Waals surface area contributed by atoms with Crippen molar-refractivity contribution in [2.75, 3.05) is 0 Å². The number of hydrogen-bond donors (Lipinski definition) is 0. The van der Waals surface area contributed by atoms with Gasteiger partial charge >= 0.3 is 0 Å². The molecule has 0 saturated carbocycles. The van der Waals surface area contributed by atoms with Crippen molar-refractivity contribution in [2.45, 2.75) is 26.2 Å². The van der Waals surface area contributed by atoms with E-state index in [4.69, 9.17) is 0 Å². The molecule has 212 valence electrons. The van der Waals surface area contributed by atoms with Crippen LogP contribution in [0.2, 0.25) is 0 Å². The highest BCUT2D eigenvalue weighted by atomic mass is 14.3. The average molecular weight is 565 g/mol. The molecule has 0 bridgehead atoms. The molecule has 6 aromatic rings. The summed E-state index contributed by atoms with van der Waals surface area (Å²) >= 11 is 0. The van der Waals surface area contributed by atoms with Gasteiger partial charge < -0.3 is 0 Å². The van der Waals surface area contributed by atoms with Crippen LogP contribution in [0.25, 0.3) is 60.1 Å². The van der Waals surface area contributed by atoms with Crippen LogP contribution in [0.3, 0.4) is 0 Å². The maximum Gasteiger partial charge on any atom is 0.00939 e. The van der Waals surface area contributed by atoms with Crippen LogP contribution in [-0.2, 0) is 0 Å². The molecular formula is C44H36. The molecule has 0 N–H and O–H groups in total. The van der Waals surface area contributed by atoms with Gasteiger partial charge in [0.25, 0.3) is 0 Å². The first-order valence-electron chi connectivity index (χ1n) is 16.0. The monoisotopic (exact) mass is 564 g/mol. The SMILES string of the molecule is CC1C=C(c2c3ccccc3c(-c3ccccc3)c3c(-c4ccccc4)c4ccccc4c(C4C=CC=CC4C)c23)C=CC1. The minimum Gasteiger partial charge on any atom is -0.0834 e. The Hall–Kier alpha value is -4.94. The summed E-state index contributed by atoms with van der Waals surface area (Å²) in [6.45, 7) is 4.71. The van der Waals surface area contributed by atoms with Crippen molar-refractivity contribution >= 4 is 37.9 Å². The number of hydrogen-bond acceptors (Lipinski definition) is 0. The zero-order chi connectivity index (χ0) is 29.6. The predicted octanol–water partition coefficient (Wildman–Crippen LogP) is 12.3. The summed E-state index contributed by atoms with van der Waals surface area (Å²) in [5.41, 5.74) is 9.30. The molecule has 8 rings (SSSR count). The highest BCUT2D eigenvalue weighted by Crippen LogP contribution is 2.53. The lowest BCUT2D eigenvalue weighted by molar-refractivity contribution is 0.642. The second-order valence-electron chi connectivity index (χ2n) is 12.5. The molecule has 2 aliphatic rings. The molecule has 0 nitrogen and oxygen atoms in total. The van der Waals surface area contributed by atoms with Crippen molar-refractivity contribution in [1.82, 2.24) is 0 Å². The van der Waals surface area contributed by atoms with Gasteiger partial charge in [0.1, 0.15) is 0 Å². The van der Waals surface area contributed by atoms with E-state index in [2.05, 4.69) is 166 Å². The Labute approximate surface area is 260 Å². The van der Waals surface area contributed by atoms with Gasteiger partial charge in [-0.2, -0.15) is 0 Å². The second-order valence-corrected chi connectivity index (χ2v) is 12.5. The molecule has 0 fully saturated rings. The van der Waals surface area contributed by atoms with Crippen LogP contribution in [0.1, 0.15) is 37.3 Å². The van der Waals surface area contributed by atoms with Gasteiger partial charge in [0.2, 0.25) is 0 Å². The number of allylic oxidation sites excluding steroid dienone is 8. The molecule has 44 heavy (non-hydrogen) atoms. The van der Waals surface area contributed by atoms with E-state index in [0.717, 1.165) is 6.42 Å². The number of rotatable bonds is 4. The van der Waals surface area contributed by atoms with Crippen LogP contribution >= 0.6 is 0 Å². The maximum absolute atomic E-state index is 2.50. The molecule has 6 aromatic carbocycles. The predicted molar refractivity (Wildman–Crippen MR) is 191 cm³/mol. The fourth-order valence-corrected chi connectivity index (χ4v) is 7.70. The Morgan fingerprint density at radius 1 is 0.523 bits per heavy atom. The Morgan fingerprint density at radius 3 is 1.64 bits per heavy atom. The van der Waals surface area contributed by atoms with E-state index in [0.29, 0.717) is 11.8 Å². The Kier molecular flexibility index (Phi) is 6.64. The van der Waals surface area contributed by atoms with Crippen molar-refractivity contribution in [3.05, 3.63) is 163 Å². The molecule has 0 heterocycles. The lowest BCUT2D eigenvalue weighted by Gasteiger charge is -2.30. The van der Waals surface area contributed by atoms with E-state index in [-0.39, 0.29) is 5.92 Å². The molecule has 0 saturated heterocycles. The van der Waals surface area contributed by atoms with Crippen LogP contribution < -0.4 is 0 Å². The van der Waals surface area contributed by atoms with Gasteiger partial charge in [-0.15, -0.1) is 0 Å². The quantitative estimate of drug-likeness (QED) is 0.187. The molecule has 3 unspecified atom stereocenters. The molecule has 0 amide bonds. The van der Waals surface area contributed by atoms with Crippen molar-refractivity contribution in [3.8, 4) is 22.3 Å². The summed E-state index contributed by atoms with van der Waals surface area (Å²) in [5.74, 6) is 1.13. The Bertz CT molecular complexity index is 2110. The van der Waals surface area contributed by atoms with Crippen molar-refractivity contribution < 1.29 is 0 Å². The minimum atomic E-state index is 0.256. The largest absolute Gasteiger partial charge is 0.0834 e. The van der Waals surface area contributed by atoms with Crippen LogP contribution in [0.4, 0.5) is 0 Å². The highest BCUT2D eigenvalue weighted by Gasteiger charge is 2.29. The average Bonchev–Trinajstić information content (AvgIpc) is 3.07. The van der Waals surface area contributed by atoms with Crippen molar-refractivity contribution in [3.63, 3.8) is 0 Å². The van der Waals surface area contributed by atoms with E-state index in [9.17, 15) is 0 Å². The molecule has 0 aromatic heterocycles. The lowest BCUT2D eigenvalue weighted by Crippen LogP contribution is -2.11. The van der Waals surface area contributed by atoms with Gasteiger partial charge in [0.15, 0.2) is 0 Å². The van der Waals surface area contributed by atoms with Crippen molar-refractivity contribution in [1.29, 1.82) is 0 Å². The molecule has 3 atom stereocenters. The molecule has 2 aliphatic carbocycles. The second kappa shape index (κ2) is 11.0. The smallest absolute Gasteiger partial charge is 0.00939 e. The molecule has 0 spiro atoms. The Balaban J connectivity index is 1.73. The lowest BCUT2D eigenvalue weighted by atomic mass is 9.73. The first-order valence-corrected chi connectivity index (χ1v) is 16.0. The van der Waals surface area contributed by atoms with E-state index in [1.165, 1.54) is 71.3 Å². The van der Waals surface area contributed by atoms with Gasteiger partial charge in [-0.3, -0.25) is 0 Å². The molecular weight excluding hydrogens is 528 g/mol. The summed E-state index contributed by atoms with van der Waals surface area (Å²) in [6.07, 6.45) is 17.6. The van der Waals surface area contributed by atoms with Gasteiger partial charge in [0.05, 0.1) is 0 Å². The van der Waals surface area contributed by atoms with E-state index < -0.39 is 0 Å². The summed E-state index contributed by atoms with van der Waals surface area (Å²) in [4.78, 5) is 0. The van der Waals surface area contributed by atoms with Crippen molar-refractivity contribution in [2.24, 2.45) is 11.8 Å². The normalized spacial score (nSPS) is 19.6. The first-order chi connectivity index (χ1) is 21.7. The number of benzene rings is 6. The van der Waals surface area contributed by atoms with Crippen LogP contribution in [0, 0.1) is 11.8 Å². The first kappa shape index (κ1) is 26.7. The third-order valence-electron chi connectivity index (χ3n) is 9.65. The maximum atomic E-state index is 2.50. The summed E-state index contributed by atoms with van der Waals surface area (Å²) < 4.78 is 0. The van der Waals surface area contributed by atoms with Crippen LogP contribution in [-0.4, -0.2) is 0 Å². The van der Waals surface area contributed by atoms with Crippen LogP contribution in [0.15, 0.2) is 152 Å². The minimum absolute atomic E-state index is 0.256. The highest BCUT2D eigenvalue weighted by molar-refractivity contribution is 6.29. The Morgan fingerprint density at radius 2 is 1.05 bits per heavy atom. The van der Waals surface area contributed by atoms with Gasteiger partial charge in [-0.25, -0.2) is 0 Å². The molecule has 0 aliphatic heterocycles. The van der Waals surface area contributed by atoms with E-state index >= 15 is 0 Å². The fourth-order valence-electron chi connectivity index (χ4n) is 7.70. The van der Waals surface area contributed by atoms with Gasteiger partial charge in [-0.1, -0.05) is 166 Å². The van der Waals surface area contributed by atoms with Crippen LogP contribution in [0.5, 0.6) is 0 Å². The van der Waals surface area contributed by atoms with Gasteiger partial charge in [0, 0.05) is 5.92 Å². The summed E-state index contributed by atoms with van der Waals surface area (Å²) in [7, 11) is 0. The fraction of sp³-hybridized carbons (Fsp3) is 0.136. The summed E-state index contributed by atoms with van der Waals surface area (Å²) in [6, 6.07) is 40.4. The van der Waals surface area contributed by atoms with E-state index in [1.807, 2.05) is 0 Å². The van der Waals surface area contributed by atoms with Gasteiger partial charge in [-0.05, 0) is 89.5 Å². The van der Waals surface area contributed by atoms with E-state index in [1.54, 1.807) is 0 Å². The summed E-state index contributed by atoms with van der Waals surface area (Å²) in [5, 5.41) is 8.03. The third kappa shape index (κ3) is 4.28. The number of fused-ring (bicyclic) bond motifs is 3. The zero-order valence-electron chi connectivity index (χ0n) is 25.4. The zero-order valence-corrected chi connectivity index (χ0v) is 25.4. The standard InChI is InChI=1S/C44H36/c1-29-16-15-22-33(28-29)41-36-25-12-11-24-35(36)39(31-18-5-3-6-19-31)43-40(32-20-7-4-8-21-32)37-26-13-14-27-38(37)42(44(41)43)34-23-10-9-17-30(34)2/h3-15,17-30,34H,16H2,1-2H3. The third-order valence-corrected chi connectivity index (χ3v) is 9.65.